The highest BCUT2D eigenvalue weighted by atomic mass is 16.5. The lowest BCUT2D eigenvalue weighted by Crippen LogP contribution is -2.45. The molecule has 0 spiro atoms. The normalized spacial score (nSPS) is 23.2. The van der Waals surface area contributed by atoms with Gasteiger partial charge in [0.1, 0.15) is 0 Å². The van der Waals surface area contributed by atoms with Gasteiger partial charge in [0, 0.05) is 6.04 Å². The van der Waals surface area contributed by atoms with Crippen LogP contribution in [-0.2, 0) is 9.53 Å². The summed E-state index contributed by atoms with van der Waals surface area (Å²) in [6.45, 7) is 4.17. The van der Waals surface area contributed by atoms with E-state index in [2.05, 4.69) is 19.2 Å². The van der Waals surface area contributed by atoms with Gasteiger partial charge in [-0.05, 0) is 41.2 Å². The summed E-state index contributed by atoms with van der Waals surface area (Å²) < 4.78 is 5.19. The molecule has 2 aromatic rings. The van der Waals surface area contributed by atoms with Crippen molar-refractivity contribution in [2.24, 2.45) is 11.8 Å². The Morgan fingerprint density at radius 2 is 1.84 bits per heavy atom. The van der Waals surface area contributed by atoms with Crippen molar-refractivity contribution in [1.82, 2.24) is 5.32 Å². The summed E-state index contributed by atoms with van der Waals surface area (Å²) in [6, 6.07) is 13.4. The molecule has 1 aliphatic carbocycles. The van der Waals surface area contributed by atoms with Gasteiger partial charge in [-0.1, -0.05) is 57.0 Å². The van der Waals surface area contributed by atoms with Crippen LogP contribution in [0.15, 0.2) is 42.5 Å². The zero-order chi connectivity index (χ0) is 17.8. The first kappa shape index (κ1) is 17.5. The predicted octanol–water partition coefficient (Wildman–Crippen LogP) is 3.94. The average molecular weight is 339 g/mol. The summed E-state index contributed by atoms with van der Waals surface area (Å²) in [7, 11) is 0. The minimum absolute atomic E-state index is 0.177. The number of hydrogen-bond acceptors (Lipinski definition) is 3. The van der Waals surface area contributed by atoms with Gasteiger partial charge in [0.05, 0.1) is 5.56 Å². The van der Waals surface area contributed by atoms with Crippen molar-refractivity contribution in [3.05, 3.63) is 48.0 Å². The van der Waals surface area contributed by atoms with Crippen molar-refractivity contribution in [2.45, 2.75) is 39.2 Å². The molecule has 25 heavy (non-hydrogen) atoms. The molecule has 0 bridgehead atoms. The van der Waals surface area contributed by atoms with Crippen LogP contribution in [0.2, 0.25) is 0 Å². The van der Waals surface area contributed by atoms with Crippen LogP contribution in [0.3, 0.4) is 0 Å². The second-order valence-corrected chi connectivity index (χ2v) is 7.08. The molecule has 1 N–H and O–H groups in total. The molecule has 0 heterocycles. The molecule has 2 aromatic carbocycles. The highest BCUT2D eigenvalue weighted by Gasteiger charge is 2.28. The van der Waals surface area contributed by atoms with Crippen LogP contribution in [0.1, 0.15) is 43.5 Å². The molecule has 4 nitrogen and oxygen atoms in total. The molecule has 0 saturated heterocycles. The molecule has 3 rings (SSSR count). The van der Waals surface area contributed by atoms with Crippen molar-refractivity contribution >= 4 is 22.6 Å². The Morgan fingerprint density at radius 1 is 1.08 bits per heavy atom. The van der Waals surface area contributed by atoms with Crippen LogP contribution in [0.25, 0.3) is 10.8 Å². The molecule has 1 aliphatic rings. The Labute approximate surface area is 148 Å². The molecule has 0 aliphatic heterocycles. The van der Waals surface area contributed by atoms with Crippen LogP contribution in [-0.4, -0.2) is 24.5 Å². The number of rotatable bonds is 4. The number of hydrogen-bond donors (Lipinski definition) is 1. The summed E-state index contributed by atoms with van der Waals surface area (Å²) in [6.07, 6.45) is 3.34. The summed E-state index contributed by atoms with van der Waals surface area (Å²) in [5.74, 6) is 0.374. The number of benzene rings is 2. The number of nitrogens with one attached hydrogen (secondary N) is 1. The lowest BCUT2D eigenvalue weighted by atomic mass is 9.78. The highest BCUT2D eigenvalue weighted by molar-refractivity contribution is 5.96. The standard InChI is InChI=1S/C21H25NO3/c1-14-6-5-9-19(15(14)2)22-20(23)13-25-21(24)18-11-10-16-7-3-4-8-17(16)12-18/h3-4,7-8,10-12,14-15,19H,5-6,9,13H2,1-2H3,(H,22,23)/t14-,15+,19-/m0/s1. The van der Waals surface area contributed by atoms with Gasteiger partial charge >= 0.3 is 5.97 Å². The number of esters is 1. The molecule has 0 aromatic heterocycles. The van der Waals surface area contributed by atoms with Crippen LogP contribution >= 0.6 is 0 Å². The average Bonchev–Trinajstić information content (AvgIpc) is 2.63. The largest absolute Gasteiger partial charge is 0.452 e. The van der Waals surface area contributed by atoms with E-state index in [4.69, 9.17) is 4.74 Å². The molecule has 0 radical (unpaired) electrons. The Hall–Kier alpha value is -2.36. The second-order valence-electron chi connectivity index (χ2n) is 7.08. The highest BCUT2D eigenvalue weighted by Crippen LogP contribution is 2.29. The van der Waals surface area contributed by atoms with Gasteiger partial charge in [-0.2, -0.15) is 0 Å². The zero-order valence-electron chi connectivity index (χ0n) is 14.8. The number of carbonyl (C=O) groups excluding carboxylic acids is 2. The summed E-state index contributed by atoms with van der Waals surface area (Å²) in [4.78, 5) is 24.3. The van der Waals surface area contributed by atoms with E-state index in [0.29, 0.717) is 17.4 Å². The van der Waals surface area contributed by atoms with Gasteiger partial charge in [-0.3, -0.25) is 4.79 Å². The lowest BCUT2D eigenvalue weighted by Gasteiger charge is -2.34. The SMILES string of the molecule is C[C@H]1[C@@H](NC(=O)COC(=O)c2ccc3ccccc3c2)CCC[C@@H]1C. The van der Waals surface area contributed by atoms with E-state index >= 15 is 0 Å². The van der Waals surface area contributed by atoms with Crippen LogP contribution in [0.5, 0.6) is 0 Å². The number of amides is 1. The number of fused-ring (bicyclic) bond motifs is 1. The van der Waals surface area contributed by atoms with Crippen molar-refractivity contribution in [3.8, 4) is 0 Å². The first-order chi connectivity index (χ1) is 12.0. The summed E-state index contributed by atoms with van der Waals surface area (Å²) in [5.41, 5.74) is 0.464. The Morgan fingerprint density at radius 3 is 2.64 bits per heavy atom. The zero-order valence-corrected chi connectivity index (χ0v) is 14.8. The van der Waals surface area contributed by atoms with E-state index in [1.54, 1.807) is 12.1 Å². The van der Waals surface area contributed by atoms with Crippen molar-refractivity contribution in [2.75, 3.05) is 6.61 Å². The maximum atomic E-state index is 12.2. The predicted molar refractivity (Wildman–Crippen MR) is 98.3 cm³/mol. The van der Waals surface area contributed by atoms with Gasteiger partial charge in [0.25, 0.3) is 5.91 Å². The van der Waals surface area contributed by atoms with Gasteiger partial charge in [0.15, 0.2) is 6.61 Å². The number of carbonyl (C=O) groups is 2. The first-order valence-corrected chi connectivity index (χ1v) is 9.00. The van der Waals surface area contributed by atoms with Crippen molar-refractivity contribution in [3.63, 3.8) is 0 Å². The monoisotopic (exact) mass is 339 g/mol. The molecular weight excluding hydrogens is 314 g/mol. The van der Waals surface area contributed by atoms with E-state index in [1.165, 1.54) is 6.42 Å². The van der Waals surface area contributed by atoms with Crippen LogP contribution in [0, 0.1) is 11.8 Å². The molecule has 1 saturated carbocycles. The molecule has 0 unspecified atom stereocenters. The summed E-state index contributed by atoms with van der Waals surface area (Å²) in [5, 5.41) is 5.06. The second kappa shape index (κ2) is 7.68. The van der Waals surface area contributed by atoms with Gasteiger partial charge in [-0.25, -0.2) is 4.79 Å². The van der Waals surface area contributed by atoms with E-state index in [0.717, 1.165) is 23.6 Å². The minimum Gasteiger partial charge on any atom is -0.452 e. The maximum Gasteiger partial charge on any atom is 0.338 e. The first-order valence-electron chi connectivity index (χ1n) is 9.00. The maximum absolute atomic E-state index is 12.2. The fourth-order valence-electron chi connectivity index (χ4n) is 3.56. The van der Waals surface area contributed by atoms with E-state index in [9.17, 15) is 9.59 Å². The van der Waals surface area contributed by atoms with E-state index < -0.39 is 5.97 Å². The third-order valence-corrected chi connectivity index (χ3v) is 5.37. The molecule has 1 fully saturated rings. The lowest BCUT2D eigenvalue weighted by molar-refractivity contribution is -0.125. The molecule has 132 valence electrons. The fourth-order valence-corrected chi connectivity index (χ4v) is 3.56. The molecular formula is C21H25NO3. The van der Waals surface area contributed by atoms with Crippen LogP contribution < -0.4 is 5.32 Å². The quantitative estimate of drug-likeness (QED) is 0.859. The summed E-state index contributed by atoms with van der Waals surface area (Å²) >= 11 is 0. The van der Waals surface area contributed by atoms with Crippen LogP contribution in [0.4, 0.5) is 0 Å². The van der Waals surface area contributed by atoms with Gasteiger partial charge < -0.3 is 10.1 Å². The van der Waals surface area contributed by atoms with E-state index in [-0.39, 0.29) is 18.6 Å². The molecule has 4 heteroatoms. The van der Waals surface area contributed by atoms with Crippen molar-refractivity contribution < 1.29 is 14.3 Å². The third kappa shape index (κ3) is 4.19. The fraction of sp³-hybridized carbons (Fsp3) is 0.429. The third-order valence-electron chi connectivity index (χ3n) is 5.37. The van der Waals surface area contributed by atoms with Gasteiger partial charge in [-0.15, -0.1) is 0 Å². The van der Waals surface area contributed by atoms with E-state index in [1.807, 2.05) is 30.3 Å². The molecule has 3 atom stereocenters. The Bertz CT molecular complexity index is 771. The minimum atomic E-state index is -0.467. The van der Waals surface area contributed by atoms with Crippen molar-refractivity contribution in [1.29, 1.82) is 0 Å². The topological polar surface area (TPSA) is 55.4 Å². The Kier molecular flexibility index (Phi) is 5.37. The number of ether oxygens (including phenoxy) is 1. The smallest absolute Gasteiger partial charge is 0.338 e. The molecule has 1 amide bonds. The van der Waals surface area contributed by atoms with Gasteiger partial charge in [0.2, 0.25) is 0 Å². The Balaban J connectivity index is 1.55.